The fourth-order valence-corrected chi connectivity index (χ4v) is 6.41. The highest BCUT2D eigenvalue weighted by Gasteiger charge is 2.62. The van der Waals surface area contributed by atoms with Crippen molar-refractivity contribution in [3.63, 3.8) is 0 Å². The molecule has 3 aromatic carbocycles. The molecule has 0 amide bonds. The average Bonchev–Trinajstić information content (AvgIpc) is 3.08. The molecule has 4 nitrogen and oxygen atoms in total. The van der Waals surface area contributed by atoms with Crippen LogP contribution in [0.1, 0.15) is 34.7 Å². The molecule has 1 aliphatic carbocycles. The van der Waals surface area contributed by atoms with Gasteiger partial charge in [-0.1, -0.05) is 17.7 Å². The van der Waals surface area contributed by atoms with Gasteiger partial charge in [0.25, 0.3) is 0 Å². The Hall–Kier alpha value is -3.97. The van der Waals surface area contributed by atoms with Crippen LogP contribution in [-0.2, 0) is 15.7 Å². The van der Waals surface area contributed by atoms with Gasteiger partial charge in [-0.25, -0.2) is 0 Å². The predicted octanol–water partition coefficient (Wildman–Crippen LogP) is 6.57. The molecule has 0 bridgehead atoms. The van der Waals surface area contributed by atoms with Crippen LogP contribution in [0.25, 0.3) is 11.1 Å². The number of nitrogens with zero attached hydrogens (tertiary/aromatic N) is 2. The van der Waals surface area contributed by atoms with Gasteiger partial charge >= 0.3 is 0 Å². The van der Waals surface area contributed by atoms with Gasteiger partial charge in [0, 0.05) is 16.7 Å². The Bertz CT molecular complexity index is 1490. The van der Waals surface area contributed by atoms with Crippen LogP contribution in [0.3, 0.4) is 0 Å². The van der Waals surface area contributed by atoms with Gasteiger partial charge in [-0.05, 0) is 97.7 Å². The van der Waals surface area contributed by atoms with E-state index < -0.39 is 11.0 Å². The normalized spacial score (nSPS) is 23.1. The topological polar surface area (TPSA) is 45.5 Å². The number of fused-ring (bicyclic) bond motifs is 7. The smallest absolute Gasteiger partial charge is 0.119 e. The quantitative estimate of drug-likeness (QED) is 0.447. The van der Waals surface area contributed by atoms with Crippen LogP contribution in [-0.4, -0.2) is 14.2 Å². The SMILES string of the molecule is COC1=CC2(C)c3cc(OC)ccc3N3c4ccc(C#N)cc4-c4c(C)cc(C)cc4C32C=C1. The van der Waals surface area contributed by atoms with E-state index in [1.165, 1.54) is 27.8 Å². The molecule has 0 saturated heterocycles. The lowest BCUT2D eigenvalue weighted by Crippen LogP contribution is -2.53. The van der Waals surface area contributed by atoms with E-state index in [1.54, 1.807) is 14.2 Å². The maximum Gasteiger partial charge on any atom is 0.119 e. The number of aryl methyl sites for hydroxylation is 2. The number of ether oxygens (including phenoxy) is 2. The summed E-state index contributed by atoms with van der Waals surface area (Å²) in [4.78, 5) is 2.46. The molecule has 4 heteroatoms. The zero-order chi connectivity index (χ0) is 23.8. The minimum Gasteiger partial charge on any atom is -0.497 e. The van der Waals surface area contributed by atoms with E-state index in [4.69, 9.17) is 9.47 Å². The van der Waals surface area contributed by atoms with Crippen LogP contribution in [0.15, 0.2) is 72.5 Å². The number of rotatable bonds is 2. The molecule has 0 saturated carbocycles. The Balaban J connectivity index is 1.81. The Morgan fingerprint density at radius 1 is 0.912 bits per heavy atom. The first-order valence-electron chi connectivity index (χ1n) is 11.5. The van der Waals surface area contributed by atoms with Crippen molar-refractivity contribution in [1.82, 2.24) is 0 Å². The fourth-order valence-electron chi connectivity index (χ4n) is 6.41. The molecule has 3 aromatic rings. The monoisotopic (exact) mass is 446 g/mol. The van der Waals surface area contributed by atoms with Crippen molar-refractivity contribution in [2.75, 3.05) is 19.1 Å². The van der Waals surface area contributed by atoms with E-state index in [-0.39, 0.29) is 0 Å². The Labute approximate surface area is 200 Å². The van der Waals surface area contributed by atoms with Crippen molar-refractivity contribution in [3.05, 3.63) is 100 Å². The highest BCUT2D eigenvalue weighted by atomic mass is 16.5. The zero-order valence-corrected chi connectivity index (χ0v) is 20.1. The van der Waals surface area contributed by atoms with E-state index in [0.717, 1.165) is 28.4 Å². The molecule has 0 N–H and O–H groups in total. The van der Waals surface area contributed by atoms with E-state index in [0.29, 0.717) is 5.56 Å². The van der Waals surface area contributed by atoms with E-state index in [1.807, 2.05) is 18.2 Å². The van der Waals surface area contributed by atoms with Crippen molar-refractivity contribution < 1.29 is 9.47 Å². The second kappa shape index (κ2) is 6.77. The second-order valence-corrected chi connectivity index (χ2v) is 9.62. The molecule has 6 rings (SSSR count). The molecule has 3 aliphatic rings. The number of methoxy groups -OCH3 is 2. The van der Waals surface area contributed by atoms with Gasteiger partial charge in [-0.3, -0.25) is 0 Å². The molecule has 2 atom stereocenters. The fraction of sp³-hybridized carbons (Fsp3) is 0.233. The molecule has 1 spiro atoms. The lowest BCUT2D eigenvalue weighted by Gasteiger charge is -2.52. The number of benzene rings is 3. The highest BCUT2D eigenvalue weighted by molar-refractivity contribution is 5.97. The Morgan fingerprint density at radius 2 is 1.71 bits per heavy atom. The van der Waals surface area contributed by atoms with Gasteiger partial charge in [0.05, 0.1) is 31.5 Å². The lowest BCUT2D eigenvalue weighted by molar-refractivity contribution is 0.282. The largest absolute Gasteiger partial charge is 0.497 e. The van der Waals surface area contributed by atoms with Gasteiger partial charge in [-0.15, -0.1) is 0 Å². The van der Waals surface area contributed by atoms with Crippen LogP contribution in [0.4, 0.5) is 11.4 Å². The maximum atomic E-state index is 9.68. The van der Waals surface area contributed by atoms with Crippen LogP contribution >= 0.6 is 0 Å². The predicted molar refractivity (Wildman–Crippen MR) is 134 cm³/mol. The first-order valence-corrected chi connectivity index (χ1v) is 11.5. The van der Waals surface area contributed by atoms with Gasteiger partial charge < -0.3 is 14.4 Å². The lowest BCUT2D eigenvalue weighted by atomic mass is 9.60. The average molecular weight is 447 g/mol. The molecule has 0 aromatic heterocycles. The molecule has 2 aliphatic heterocycles. The van der Waals surface area contributed by atoms with Gasteiger partial charge in [0.2, 0.25) is 0 Å². The number of hydrogen-bond donors (Lipinski definition) is 0. The van der Waals surface area contributed by atoms with Crippen molar-refractivity contribution in [2.45, 2.75) is 31.7 Å². The van der Waals surface area contributed by atoms with Crippen LogP contribution in [0, 0.1) is 25.2 Å². The molecule has 2 heterocycles. The molecule has 2 unspecified atom stereocenters. The zero-order valence-electron chi connectivity index (χ0n) is 20.1. The first kappa shape index (κ1) is 20.6. The summed E-state index contributed by atoms with van der Waals surface area (Å²) in [6, 6.07) is 19.3. The van der Waals surface area contributed by atoms with E-state index in [9.17, 15) is 5.26 Å². The summed E-state index contributed by atoms with van der Waals surface area (Å²) in [5.41, 5.74) is 9.16. The molecule has 0 radical (unpaired) electrons. The minimum atomic E-state index is -0.489. The second-order valence-electron chi connectivity index (χ2n) is 9.62. The summed E-state index contributed by atoms with van der Waals surface area (Å²) in [5.74, 6) is 1.68. The summed E-state index contributed by atoms with van der Waals surface area (Å²) in [6.07, 6.45) is 6.65. The summed E-state index contributed by atoms with van der Waals surface area (Å²) in [7, 11) is 3.43. The molecule has 0 fully saturated rings. The molecular weight excluding hydrogens is 420 g/mol. The van der Waals surface area contributed by atoms with Crippen molar-refractivity contribution in [1.29, 1.82) is 5.26 Å². The third kappa shape index (κ3) is 2.32. The molecule has 34 heavy (non-hydrogen) atoms. The van der Waals surface area contributed by atoms with Crippen molar-refractivity contribution in [3.8, 4) is 22.9 Å². The summed E-state index contributed by atoms with van der Waals surface area (Å²) in [6.45, 7) is 6.62. The summed E-state index contributed by atoms with van der Waals surface area (Å²) < 4.78 is 11.4. The summed E-state index contributed by atoms with van der Waals surface area (Å²) in [5, 5.41) is 9.68. The number of allylic oxidation sites excluding steroid dienone is 1. The standard InChI is InChI=1S/C30H26N2O2/c1-18-12-19(2)28-23-14-20(17-31)6-8-26(23)32-27-9-7-21(33-4)15-24(27)29(3)16-22(34-5)10-11-30(29,32)25(28)13-18/h6-16H,1-5H3. The van der Waals surface area contributed by atoms with Gasteiger partial charge in [-0.2, -0.15) is 5.26 Å². The number of anilines is 2. The van der Waals surface area contributed by atoms with E-state index >= 15 is 0 Å². The first-order chi connectivity index (χ1) is 16.4. The van der Waals surface area contributed by atoms with Crippen molar-refractivity contribution in [2.24, 2.45) is 0 Å². The van der Waals surface area contributed by atoms with Crippen LogP contribution in [0.2, 0.25) is 0 Å². The van der Waals surface area contributed by atoms with Crippen LogP contribution in [0.5, 0.6) is 5.75 Å². The van der Waals surface area contributed by atoms with Crippen LogP contribution < -0.4 is 9.64 Å². The maximum absolute atomic E-state index is 9.68. The van der Waals surface area contributed by atoms with Gasteiger partial charge in [0.15, 0.2) is 0 Å². The Kier molecular flexibility index (Phi) is 4.11. The molecular formula is C30H26N2O2. The third-order valence-corrected chi connectivity index (χ3v) is 7.83. The minimum absolute atomic E-state index is 0.419. The Morgan fingerprint density at radius 3 is 2.44 bits per heavy atom. The third-order valence-electron chi connectivity index (χ3n) is 7.83. The van der Waals surface area contributed by atoms with Gasteiger partial charge in [0.1, 0.15) is 17.0 Å². The molecule has 168 valence electrons. The van der Waals surface area contributed by atoms with E-state index in [2.05, 4.69) is 80.3 Å². The summed E-state index contributed by atoms with van der Waals surface area (Å²) >= 11 is 0. The highest BCUT2D eigenvalue weighted by Crippen LogP contribution is 2.67. The number of nitriles is 1. The van der Waals surface area contributed by atoms with Crippen molar-refractivity contribution >= 4 is 11.4 Å². The number of hydrogen-bond acceptors (Lipinski definition) is 4.